The van der Waals surface area contributed by atoms with Gasteiger partial charge in [-0.25, -0.2) is 9.18 Å². The third kappa shape index (κ3) is 4.83. The first-order valence-corrected chi connectivity index (χ1v) is 11.1. The summed E-state index contributed by atoms with van der Waals surface area (Å²) in [5, 5.41) is 14.2. The van der Waals surface area contributed by atoms with Crippen LogP contribution < -0.4 is 5.32 Å². The minimum absolute atomic E-state index is 0.140. The molecule has 1 aromatic carbocycles. The number of hydrogen-bond donors (Lipinski definition) is 2. The third-order valence-electron chi connectivity index (χ3n) is 6.18. The van der Waals surface area contributed by atoms with Crippen molar-refractivity contribution in [3.63, 3.8) is 0 Å². The molecular weight excluding hydrogens is 429 g/mol. The fourth-order valence-electron chi connectivity index (χ4n) is 4.38. The first-order chi connectivity index (χ1) is 15.4. The summed E-state index contributed by atoms with van der Waals surface area (Å²) in [7, 11) is 0. The molecule has 2 aliphatic rings. The molecule has 0 radical (unpaired) electrons. The number of fused-ring (bicyclic) bond motifs is 1. The smallest absolute Gasteiger partial charge is 0.410 e. The summed E-state index contributed by atoms with van der Waals surface area (Å²) in [4.78, 5) is 41.8. The molecule has 1 aromatic heterocycles. The van der Waals surface area contributed by atoms with Crippen molar-refractivity contribution in [2.45, 2.75) is 63.6 Å². The predicted molar refractivity (Wildman–Crippen MR) is 118 cm³/mol. The fraction of sp³-hybridized carbons (Fsp3) is 0.500. The number of amides is 3. The maximum Gasteiger partial charge on any atom is 0.410 e. The highest BCUT2D eigenvalue weighted by molar-refractivity contribution is 6.01. The number of imide groups is 1. The molecule has 2 saturated heterocycles. The lowest BCUT2D eigenvalue weighted by molar-refractivity contribution is -0.134. The van der Waals surface area contributed by atoms with Crippen molar-refractivity contribution in [3.05, 3.63) is 41.3 Å². The van der Waals surface area contributed by atoms with E-state index in [4.69, 9.17) is 4.74 Å². The van der Waals surface area contributed by atoms with Crippen molar-refractivity contribution < 1.29 is 28.6 Å². The van der Waals surface area contributed by atoms with Crippen LogP contribution in [-0.4, -0.2) is 51.6 Å². The van der Waals surface area contributed by atoms with Crippen molar-refractivity contribution in [2.75, 3.05) is 13.1 Å². The Morgan fingerprint density at radius 1 is 1.24 bits per heavy atom. The number of carbonyl (C=O) groups is 3. The molecule has 0 saturated carbocycles. The van der Waals surface area contributed by atoms with E-state index in [2.05, 4.69) is 10.3 Å². The number of hydrogen-bond acceptors (Lipinski definition) is 6. The quantitative estimate of drug-likeness (QED) is 0.671. The van der Waals surface area contributed by atoms with Gasteiger partial charge in [-0.1, -0.05) is 0 Å². The molecular formula is C24H28FN3O5. The standard InChI is InChI=1S/C24H28FN3O5/c1-23(2,3)33-22(31)28-8-6-24(32,7-9-28)17-11-14-10-15(13-26-19(14)12-18(17)25)16-4-5-20(29)27-21(16)30/h10-13,16,32H,4-9H2,1-3H3,(H,27,29,30). The number of rotatable bonds is 2. The van der Waals surface area contributed by atoms with Gasteiger partial charge in [0.1, 0.15) is 11.4 Å². The molecule has 1 unspecified atom stereocenters. The zero-order valence-corrected chi connectivity index (χ0v) is 19.0. The van der Waals surface area contributed by atoms with Crippen LogP contribution in [0.3, 0.4) is 0 Å². The number of halogens is 1. The Kier molecular flexibility index (Phi) is 5.86. The largest absolute Gasteiger partial charge is 0.444 e. The zero-order chi connectivity index (χ0) is 24.0. The molecule has 176 valence electrons. The van der Waals surface area contributed by atoms with Crippen LogP contribution in [-0.2, 0) is 19.9 Å². The first-order valence-electron chi connectivity index (χ1n) is 11.1. The first kappa shape index (κ1) is 23.1. The topological polar surface area (TPSA) is 109 Å². The van der Waals surface area contributed by atoms with Gasteiger partial charge < -0.3 is 14.7 Å². The van der Waals surface area contributed by atoms with E-state index in [1.807, 2.05) is 0 Å². The van der Waals surface area contributed by atoms with E-state index in [9.17, 15) is 23.9 Å². The summed E-state index contributed by atoms with van der Waals surface area (Å²) in [6.45, 7) is 5.82. The summed E-state index contributed by atoms with van der Waals surface area (Å²) in [6.07, 6.45) is 2.02. The van der Waals surface area contributed by atoms with Gasteiger partial charge in [0.2, 0.25) is 11.8 Å². The number of carbonyl (C=O) groups excluding carboxylic acids is 3. The van der Waals surface area contributed by atoms with E-state index in [0.29, 0.717) is 22.9 Å². The van der Waals surface area contributed by atoms with Crippen molar-refractivity contribution in [3.8, 4) is 0 Å². The summed E-state index contributed by atoms with van der Waals surface area (Å²) in [6, 6.07) is 4.60. The molecule has 33 heavy (non-hydrogen) atoms. The summed E-state index contributed by atoms with van der Waals surface area (Å²) in [5.41, 5.74) is -0.885. The average Bonchev–Trinajstić information content (AvgIpc) is 2.72. The van der Waals surface area contributed by atoms with Crippen LogP contribution in [0.15, 0.2) is 24.4 Å². The van der Waals surface area contributed by atoms with E-state index >= 15 is 0 Å². The second-order valence-corrected chi connectivity index (χ2v) is 9.80. The Hall–Kier alpha value is -3.07. The van der Waals surface area contributed by atoms with Gasteiger partial charge >= 0.3 is 6.09 Å². The number of likely N-dealkylation sites (tertiary alicyclic amines) is 1. The van der Waals surface area contributed by atoms with Crippen LogP contribution in [0.4, 0.5) is 9.18 Å². The second-order valence-electron chi connectivity index (χ2n) is 9.80. The molecule has 1 atom stereocenters. The molecule has 2 N–H and O–H groups in total. The highest BCUT2D eigenvalue weighted by Gasteiger charge is 2.39. The fourth-order valence-corrected chi connectivity index (χ4v) is 4.38. The van der Waals surface area contributed by atoms with Crippen molar-refractivity contribution in [2.24, 2.45) is 0 Å². The van der Waals surface area contributed by atoms with Crippen LogP contribution in [0.5, 0.6) is 0 Å². The molecule has 3 amide bonds. The number of nitrogens with one attached hydrogen (secondary N) is 1. The average molecular weight is 458 g/mol. The Morgan fingerprint density at radius 2 is 1.94 bits per heavy atom. The molecule has 9 heteroatoms. The monoisotopic (exact) mass is 457 g/mol. The SMILES string of the molecule is CC(C)(C)OC(=O)N1CCC(O)(c2cc3cc(C4CCC(=O)NC4=O)cnc3cc2F)CC1. The Bertz CT molecular complexity index is 1120. The van der Waals surface area contributed by atoms with Crippen LogP contribution in [0.2, 0.25) is 0 Å². The van der Waals surface area contributed by atoms with Gasteiger partial charge in [-0.3, -0.25) is 19.9 Å². The van der Waals surface area contributed by atoms with Crippen LogP contribution in [0, 0.1) is 5.82 Å². The molecule has 4 rings (SSSR count). The normalized spacial score (nSPS) is 21.1. The summed E-state index contributed by atoms with van der Waals surface area (Å²) in [5.74, 6) is -1.75. The maximum atomic E-state index is 15.0. The molecule has 2 aliphatic heterocycles. The number of aliphatic hydroxyl groups is 1. The van der Waals surface area contributed by atoms with Crippen LogP contribution in [0.25, 0.3) is 10.9 Å². The lowest BCUT2D eigenvalue weighted by Crippen LogP contribution is -2.47. The van der Waals surface area contributed by atoms with Crippen molar-refractivity contribution in [1.29, 1.82) is 0 Å². The lowest BCUT2D eigenvalue weighted by Gasteiger charge is -2.39. The molecule has 2 aromatic rings. The van der Waals surface area contributed by atoms with Crippen LogP contribution in [0.1, 0.15) is 63.5 Å². The van der Waals surface area contributed by atoms with E-state index < -0.39 is 29.0 Å². The van der Waals surface area contributed by atoms with Gasteiger partial charge in [0.25, 0.3) is 0 Å². The minimum atomic E-state index is -1.44. The maximum absolute atomic E-state index is 15.0. The minimum Gasteiger partial charge on any atom is -0.444 e. The Morgan fingerprint density at radius 3 is 2.58 bits per heavy atom. The number of benzene rings is 1. The van der Waals surface area contributed by atoms with Crippen molar-refractivity contribution in [1.82, 2.24) is 15.2 Å². The predicted octanol–water partition coefficient (Wildman–Crippen LogP) is 3.11. The van der Waals surface area contributed by atoms with E-state index in [-0.39, 0.29) is 49.7 Å². The summed E-state index contributed by atoms with van der Waals surface area (Å²) < 4.78 is 20.4. The highest BCUT2D eigenvalue weighted by Crippen LogP contribution is 2.37. The second kappa shape index (κ2) is 8.37. The number of aromatic nitrogens is 1. The molecule has 8 nitrogen and oxygen atoms in total. The number of pyridine rings is 1. The molecule has 2 fully saturated rings. The number of piperidine rings is 2. The summed E-state index contributed by atoms with van der Waals surface area (Å²) >= 11 is 0. The number of nitrogens with zero attached hydrogens (tertiary/aromatic N) is 2. The van der Waals surface area contributed by atoms with Crippen LogP contribution >= 0.6 is 0 Å². The van der Waals surface area contributed by atoms with Gasteiger partial charge in [-0.15, -0.1) is 0 Å². The van der Waals surface area contributed by atoms with Gasteiger partial charge in [0.05, 0.1) is 17.0 Å². The van der Waals surface area contributed by atoms with Gasteiger partial charge in [0, 0.05) is 42.7 Å². The van der Waals surface area contributed by atoms with E-state index in [1.165, 1.54) is 17.2 Å². The molecule has 0 spiro atoms. The van der Waals surface area contributed by atoms with Gasteiger partial charge in [-0.2, -0.15) is 0 Å². The van der Waals surface area contributed by atoms with Gasteiger partial charge in [-0.05, 0) is 57.7 Å². The van der Waals surface area contributed by atoms with Crippen molar-refractivity contribution >= 4 is 28.8 Å². The molecule has 3 heterocycles. The lowest BCUT2D eigenvalue weighted by atomic mass is 9.83. The Labute approximate surface area is 191 Å². The number of ether oxygens (including phenoxy) is 1. The van der Waals surface area contributed by atoms with E-state index in [0.717, 1.165) is 0 Å². The highest BCUT2D eigenvalue weighted by atomic mass is 19.1. The third-order valence-corrected chi connectivity index (χ3v) is 6.18. The Balaban J connectivity index is 1.57. The molecule has 0 aliphatic carbocycles. The molecule has 0 bridgehead atoms. The van der Waals surface area contributed by atoms with E-state index in [1.54, 1.807) is 32.9 Å². The zero-order valence-electron chi connectivity index (χ0n) is 19.0. The van der Waals surface area contributed by atoms with Gasteiger partial charge in [0.15, 0.2) is 0 Å².